The summed E-state index contributed by atoms with van der Waals surface area (Å²) in [5.41, 5.74) is 4.79. The lowest BCUT2D eigenvalue weighted by Crippen LogP contribution is -2.48. The summed E-state index contributed by atoms with van der Waals surface area (Å²) in [7, 11) is 0. The lowest BCUT2D eigenvalue weighted by molar-refractivity contribution is -0.112. The Morgan fingerprint density at radius 1 is 0.738 bits per heavy atom. The Balaban J connectivity index is 1.32. The van der Waals surface area contributed by atoms with E-state index in [1.54, 1.807) is 0 Å². The molecule has 4 aromatic carbocycles. The SMILES string of the molecule is CC[C@H]1S[C@@H](c2ccc(Cl)c(Cc3cc4ccccc4s3)c2)[C@H](OCc2ccccc2)[C@@H](OCc2ccccc2)[C@@H]1C. The zero-order chi connectivity index (χ0) is 28.9. The van der Waals surface area contributed by atoms with Crippen LogP contribution in [0.2, 0.25) is 5.02 Å². The van der Waals surface area contributed by atoms with Crippen molar-refractivity contribution in [2.45, 2.75) is 62.6 Å². The number of benzene rings is 4. The number of hydrogen-bond donors (Lipinski definition) is 0. The lowest BCUT2D eigenvalue weighted by Gasteiger charge is -2.45. The van der Waals surface area contributed by atoms with Crippen molar-refractivity contribution in [2.75, 3.05) is 0 Å². The molecule has 5 heteroatoms. The van der Waals surface area contributed by atoms with Crippen LogP contribution in [0.25, 0.3) is 10.1 Å². The topological polar surface area (TPSA) is 18.5 Å². The van der Waals surface area contributed by atoms with Gasteiger partial charge in [0.1, 0.15) is 6.10 Å². The van der Waals surface area contributed by atoms with Crippen molar-refractivity contribution < 1.29 is 9.47 Å². The van der Waals surface area contributed by atoms with Crippen LogP contribution in [0.3, 0.4) is 0 Å². The number of rotatable bonds is 10. The molecule has 0 N–H and O–H groups in total. The Kier molecular flexibility index (Phi) is 9.68. The first-order valence-electron chi connectivity index (χ1n) is 14.8. The fourth-order valence-corrected chi connectivity index (χ4v) is 8.93. The van der Waals surface area contributed by atoms with E-state index in [9.17, 15) is 0 Å². The van der Waals surface area contributed by atoms with E-state index >= 15 is 0 Å². The molecule has 5 aromatic rings. The van der Waals surface area contributed by atoms with Gasteiger partial charge in [-0.05, 0) is 58.2 Å². The summed E-state index contributed by atoms with van der Waals surface area (Å²) in [6.45, 7) is 5.76. The van der Waals surface area contributed by atoms with Gasteiger partial charge in [-0.2, -0.15) is 0 Å². The molecule has 1 aliphatic heterocycles. The van der Waals surface area contributed by atoms with E-state index in [1.807, 2.05) is 29.2 Å². The van der Waals surface area contributed by atoms with Gasteiger partial charge in [0.2, 0.25) is 0 Å². The van der Waals surface area contributed by atoms with Gasteiger partial charge in [0.15, 0.2) is 0 Å². The molecule has 0 unspecified atom stereocenters. The summed E-state index contributed by atoms with van der Waals surface area (Å²) in [6.07, 6.45) is 1.77. The van der Waals surface area contributed by atoms with Gasteiger partial charge in [-0.15, -0.1) is 23.1 Å². The molecule has 1 aliphatic rings. The summed E-state index contributed by atoms with van der Waals surface area (Å²) in [4.78, 5) is 1.33. The normalized spacial score (nSPS) is 22.4. The Morgan fingerprint density at radius 3 is 2.05 bits per heavy atom. The van der Waals surface area contributed by atoms with Crippen molar-refractivity contribution in [3.63, 3.8) is 0 Å². The summed E-state index contributed by atoms with van der Waals surface area (Å²) in [6, 6.07) is 38.4. The second-order valence-corrected chi connectivity index (χ2v) is 14.1. The van der Waals surface area contributed by atoms with Crippen LogP contribution in [0.15, 0.2) is 109 Å². The van der Waals surface area contributed by atoms with E-state index in [0.717, 1.165) is 23.4 Å². The molecule has 0 spiro atoms. The quantitative estimate of drug-likeness (QED) is 0.156. The van der Waals surface area contributed by atoms with Crippen molar-refractivity contribution in [3.05, 3.63) is 141 Å². The van der Waals surface area contributed by atoms with E-state index < -0.39 is 0 Å². The summed E-state index contributed by atoms with van der Waals surface area (Å²) in [5, 5.41) is 2.71. The van der Waals surface area contributed by atoms with Crippen molar-refractivity contribution in [1.29, 1.82) is 0 Å². The standard InChI is InChI=1S/C37H37ClO2S2/c1-3-33-25(2)35(39-23-26-12-6-4-7-13-26)36(40-24-27-14-8-5-9-15-27)37(42-33)29-18-19-32(38)30(20-29)22-31-21-28-16-10-11-17-34(28)41-31/h4-21,25,33,35-37H,3,22-24H2,1-2H3/t25-,33-,35+,36-,37+/m1/s1. The first kappa shape index (κ1) is 29.5. The molecule has 0 bridgehead atoms. The van der Waals surface area contributed by atoms with E-state index in [1.165, 1.54) is 31.7 Å². The van der Waals surface area contributed by atoms with E-state index in [4.69, 9.17) is 21.1 Å². The molecule has 42 heavy (non-hydrogen) atoms. The van der Waals surface area contributed by atoms with Gasteiger partial charge >= 0.3 is 0 Å². The lowest BCUT2D eigenvalue weighted by atomic mass is 9.89. The predicted molar refractivity (Wildman–Crippen MR) is 180 cm³/mol. The van der Waals surface area contributed by atoms with E-state index in [0.29, 0.717) is 24.4 Å². The van der Waals surface area contributed by atoms with Gasteiger partial charge in [-0.25, -0.2) is 0 Å². The predicted octanol–water partition coefficient (Wildman–Crippen LogP) is 10.5. The van der Waals surface area contributed by atoms with E-state index in [2.05, 4.69) is 117 Å². The van der Waals surface area contributed by atoms with Crippen LogP contribution in [0.5, 0.6) is 0 Å². The van der Waals surface area contributed by atoms with Gasteiger partial charge in [0.25, 0.3) is 0 Å². The molecule has 2 nitrogen and oxygen atoms in total. The average Bonchev–Trinajstić information content (AvgIpc) is 3.44. The third kappa shape index (κ3) is 6.79. The highest BCUT2D eigenvalue weighted by Gasteiger charge is 2.45. The molecule has 0 aliphatic carbocycles. The molecule has 5 atom stereocenters. The summed E-state index contributed by atoms with van der Waals surface area (Å²) >= 11 is 10.7. The van der Waals surface area contributed by atoms with E-state index in [-0.39, 0.29) is 17.5 Å². The van der Waals surface area contributed by atoms with Crippen LogP contribution >= 0.6 is 34.7 Å². The Hall–Kier alpha value is -2.60. The number of fused-ring (bicyclic) bond motifs is 1. The zero-order valence-electron chi connectivity index (χ0n) is 24.1. The van der Waals surface area contributed by atoms with Crippen LogP contribution in [0.4, 0.5) is 0 Å². The van der Waals surface area contributed by atoms with Crippen LogP contribution in [-0.2, 0) is 29.1 Å². The number of halogens is 1. The van der Waals surface area contributed by atoms with Gasteiger partial charge in [-0.1, -0.05) is 116 Å². The molecule has 216 valence electrons. The van der Waals surface area contributed by atoms with Crippen molar-refractivity contribution >= 4 is 44.8 Å². The highest BCUT2D eigenvalue weighted by atomic mass is 35.5. The van der Waals surface area contributed by atoms with Crippen molar-refractivity contribution in [1.82, 2.24) is 0 Å². The highest BCUT2D eigenvalue weighted by Crippen LogP contribution is 2.49. The minimum absolute atomic E-state index is 0.0353. The van der Waals surface area contributed by atoms with Gasteiger partial charge in [0.05, 0.1) is 24.6 Å². The summed E-state index contributed by atoms with van der Waals surface area (Å²) in [5.74, 6) is 0.353. The summed E-state index contributed by atoms with van der Waals surface area (Å²) < 4.78 is 15.0. The number of thioether (sulfide) groups is 1. The first-order valence-corrected chi connectivity index (χ1v) is 16.9. The number of thiophene rings is 1. The molecule has 1 saturated heterocycles. The maximum atomic E-state index is 6.85. The molecule has 1 fully saturated rings. The average molecular weight is 613 g/mol. The van der Waals surface area contributed by atoms with Crippen molar-refractivity contribution in [2.24, 2.45) is 5.92 Å². The largest absolute Gasteiger partial charge is 0.370 e. The van der Waals surface area contributed by atoms with Gasteiger partial charge in [0, 0.05) is 26.3 Å². The third-order valence-electron chi connectivity index (χ3n) is 8.26. The van der Waals surface area contributed by atoms with Crippen LogP contribution in [0, 0.1) is 5.92 Å². The zero-order valence-corrected chi connectivity index (χ0v) is 26.5. The molecule has 0 saturated carbocycles. The fourth-order valence-electron chi connectivity index (χ4n) is 5.99. The number of ether oxygens (including phenoxy) is 2. The Morgan fingerprint density at radius 2 is 1.38 bits per heavy atom. The molecule has 1 aromatic heterocycles. The van der Waals surface area contributed by atoms with Crippen LogP contribution < -0.4 is 0 Å². The third-order valence-corrected chi connectivity index (χ3v) is 11.7. The molecule has 2 heterocycles. The Bertz CT molecular complexity index is 1550. The second-order valence-electron chi connectivity index (χ2n) is 11.2. The first-order chi connectivity index (χ1) is 20.6. The van der Waals surface area contributed by atoms with Gasteiger partial charge < -0.3 is 9.47 Å². The smallest absolute Gasteiger partial charge is 0.100 e. The molecular formula is C37H37ClO2S2. The van der Waals surface area contributed by atoms with Crippen molar-refractivity contribution in [3.8, 4) is 0 Å². The maximum Gasteiger partial charge on any atom is 0.100 e. The van der Waals surface area contributed by atoms with Crippen LogP contribution in [-0.4, -0.2) is 17.5 Å². The minimum Gasteiger partial charge on any atom is -0.370 e. The minimum atomic E-state index is -0.102. The number of hydrogen-bond acceptors (Lipinski definition) is 4. The monoisotopic (exact) mass is 612 g/mol. The van der Waals surface area contributed by atoms with Gasteiger partial charge in [-0.3, -0.25) is 0 Å². The Labute approximate surface area is 263 Å². The fraction of sp³-hybridized carbons (Fsp3) is 0.297. The maximum absolute atomic E-state index is 6.85. The molecular weight excluding hydrogens is 576 g/mol. The molecule has 6 rings (SSSR count). The van der Waals surface area contributed by atoms with Crippen LogP contribution in [0.1, 0.15) is 52.6 Å². The second kappa shape index (κ2) is 13.8. The molecule has 0 amide bonds. The highest BCUT2D eigenvalue weighted by molar-refractivity contribution is 8.00. The molecule has 0 radical (unpaired) electrons.